The molecule has 0 aliphatic heterocycles. The molecule has 3 rings (SSSR count). The van der Waals surface area contributed by atoms with Crippen molar-refractivity contribution in [1.29, 1.82) is 0 Å². The van der Waals surface area contributed by atoms with Crippen molar-refractivity contribution in [1.82, 2.24) is 0 Å². The van der Waals surface area contributed by atoms with Crippen molar-refractivity contribution in [2.75, 3.05) is 5.33 Å². The molecule has 1 fully saturated rings. The SMILES string of the molecule is CC(O[C@H]1CC[C@@H](CBr)[C@@H]1c1ccc(F)cc1)c1cc(C(F)(F)F)cc(C(F)(F)F)c1. The molecule has 2 aromatic carbocycles. The van der Waals surface area contributed by atoms with Crippen LogP contribution in [0, 0.1) is 11.7 Å². The van der Waals surface area contributed by atoms with E-state index in [-0.39, 0.29) is 23.5 Å². The minimum atomic E-state index is -4.92. The van der Waals surface area contributed by atoms with E-state index in [1.165, 1.54) is 19.1 Å². The molecule has 2 aromatic rings. The number of halogens is 8. The predicted molar refractivity (Wildman–Crippen MR) is 105 cm³/mol. The standard InChI is InChI=1S/C22H20BrF7O/c1-12(15-8-16(21(25,26)27)10-17(9-15)22(28,29)30)31-19-7-4-14(11-23)20(19)13-2-5-18(24)6-3-13/h2-3,5-6,8-10,12,14,19-20H,4,7,11H2,1H3/t12?,14-,19-,20-/m0/s1. The second-order valence-electron chi connectivity index (χ2n) is 7.73. The molecule has 1 saturated carbocycles. The monoisotopic (exact) mass is 512 g/mol. The summed E-state index contributed by atoms with van der Waals surface area (Å²) in [4.78, 5) is 0. The largest absolute Gasteiger partial charge is 0.416 e. The van der Waals surface area contributed by atoms with Crippen molar-refractivity contribution in [3.05, 3.63) is 70.5 Å². The quantitative estimate of drug-likeness (QED) is 0.292. The van der Waals surface area contributed by atoms with Gasteiger partial charge >= 0.3 is 12.4 Å². The van der Waals surface area contributed by atoms with Crippen molar-refractivity contribution >= 4 is 15.9 Å². The molecule has 0 N–H and O–H groups in total. The summed E-state index contributed by atoms with van der Waals surface area (Å²) < 4.78 is 98.4. The average Bonchev–Trinajstić information content (AvgIpc) is 3.09. The average molecular weight is 513 g/mol. The molecule has 0 saturated heterocycles. The van der Waals surface area contributed by atoms with E-state index < -0.39 is 41.5 Å². The van der Waals surface area contributed by atoms with E-state index in [9.17, 15) is 30.7 Å². The Labute approximate surface area is 183 Å². The minimum absolute atomic E-state index is 0.105. The summed E-state index contributed by atoms with van der Waals surface area (Å²) in [5.74, 6) is -0.406. The molecule has 0 spiro atoms. The molecule has 0 radical (unpaired) electrons. The zero-order chi connectivity index (χ0) is 23.0. The predicted octanol–water partition coefficient (Wildman–Crippen LogP) is 7.90. The maximum Gasteiger partial charge on any atom is 0.416 e. The summed E-state index contributed by atoms with van der Waals surface area (Å²) in [6.45, 7) is 1.44. The molecular formula is C22H20BrF7O. The Morgan fingerprint density at radius 2 is 1.48 bits per heavy atom. The summed E-state index contributed by atoms with van der Waals surface area (Å²) in [5.41, 5.74) is -2.11. The van der Waals surface area contributed by atoms with Gasteiger partial charge in [0.2, 0.25) is 0 Å². The number of ether oxygens (including phenoxy) is 1. The van der Waals surface area contributed by atoms with E-state index in [0.29, 0.717) is 23.9 Å². The zero-order valence-corrected chi connectivity index (χ0v) is 18.0. The van der Waals surface area contributed by atoms with E-state index in [0.717, 1.165) is 12.0 Å². The van der Waals surface area contributed by atoms with Crippen LogP contribution in [0.15, 0.2) is 42.5 Å². The van der Waals surface area contributed by atoms with Gasteiger partial charge in [0.15, 0.2) is 0 Å². The number of hydrogen-bond donors (Lipinski definition) is 0. The lowest BCUT2D eigenvalue weighted by Crippen LogP contribution is -2.23. The molecule has 1 aliphatic rings. The molecule has 4 atom stereocenters. The highest BCUT2D eigenvalue weighted by Gasteiger charge is 2.40. The van der Waals surface area contributed by atoms with Crippen LogP contribution in [0.1, 0.15) is 54.0 Å². The first-order valence-electron chi connectivity index (χ1n) is 9.66. The molecule has 9 heteroatoms. The molecule has 1 unspecified atom stereocenters. The molecule has 1 nitrogen and oxygen atoms in total. The molecule has 0 bridgehead atoms. The maximum atomic E-state index is 13.3. The van der Waals surface area contributed by atoms with E-state index in [1.54, 1.807) is 12.1 Å². The third-order valence-corrected chi connectivity index (χ3v) is 6.47. The van der Waals surface area contributed by atoms with Gasteiger partial charge in [0.1, 0.15) is 5.82 Å². The summed E-state index contributed by atoms with van der Waals surface area (Å²) in [5, 5.41) is 0.644. The summed E-state index contributed by atoms with van der Waals surface area (Å²) in [6.07, 6.45) is -9.89. The fraction of sp³-hybridized carbons (Fsp3) is 0.455. The fourth-order valence-electron chi connectivity index (χ4n) is 4.09. The summed E-state index contributed by atoms with van der Waals surface area (Å²) in [7, 11) is 0. The Bertz CT molecular complexity index is 860. The van der Waals surface area contributed by atoms with Crippen LogP contribution < -0.4 is 0 Å². The van der Waals surface area contributed by atoms with Crippen molar-refractivity contribution in [3.8, 4) is 0 Å². The lowest BCUT2D eigenvalue weighted by molar-refractivity contribution is -0.143. The van der Waals surface area contributed by atoms with E-state index in [1.807, 2.05) is 0 Å². The van der Waals surface area contributed by atoms with Crippen molar-refractivity contribution in [2.45, 2.75) is 50.2 Å². The highest BCUT2D eigenvalue weighted by molar-refractivity contribution is 9.09. The topological polar surface area (TPSA) is 9.23 Å². The van der Waals surface area contributed by atoms with Gasteiger partial charge in [-0.3, -0.25) is 0 Å². The zero-order valence-electron chi connectivity index (χ0n) is 16.4. The van der Waals surface area contributed by atoms with Crippen molar-refractivity contribution in [3.63, 3.8) is 0 Å². The van der Waals surface area contributed by atoms with Crippen LogP contribution in [0.4, 0.5) is 30.7 Å². The first kappa shape index (κ1) is 24.0. The second kappa shape index (κ2) is 9.10. The van der Waals surface area contributed by atoms with Gasteiger partial charge in [0.25, 0.3) is 0 Å². The second-order valence-corrected chi connectivity index (χ2v) is 8.37. The third kappa shape index (κ3) is 5.61. The van der Waals surface area contributed by atoms with Gasteiger partial charge in [-0.2, -0.15) is 26.3 Å². The van der Waals surface area contributed by atoms with Crippen LogP contribution in [-0.4, -0.2) is 11.4 Å². The molecule has 1 aliphatic carbocycles. The number of hydrogen-bond acceptors (Lipinski definition) is 1. The molecular weight excluding hydrogens is 493 g/mol. The molecule has 0 aromatic heterocycles. The van der Waals surface area contributed by atoms with E-state index in [2.05, 4.69) is 15.9 Å². The molecule has 0 heterocycles. The summed E-state index contributed by atoms with van der Waals surface area (Å²) in [6, 6.07) is 7.41. The Balaban J connectivity index is 1.90. The van der Waals surface area contributed by atoms with Crippen molar-refractivity contribution in [2.24, 2.45) is 5.92 Å². The number of rotatable bonds is 5. The molecule has 31 heavy (non-hydrogen) atoms. The van der Waals surface area contributed by atoms with E-state index in [4.69, 9.17) is 4.74 Å². The molecule has 0 amide bonds. The Hall–Kier alpha value is -1.61. The van der Waals surface area contributed by atoms with Crippen LogP contribution in [0.5, 0.6) is 0 Å². The highest BCUT2D eigenvalue weighted by Crippen LogP contribution is 2.45. The Morgan fingerprint density at radius 3 is 1.97 bits per heavy atom. The number of alkyl halides is 7. The smallest absolute Gasteiger partial charge is 0.370 e. The molecule has 170 valence electrons. The van der Waals surface area contributed by atoms with Gasteiger partial charge in [-0.15, -0.1) is 0 Å². The lowest BCUT2D eigenvalue weighted by atomic mass is 9.88. The normalized spacial score (nSPS) is 23.2. The first-order valence-corrected chi connectivity index (χ1v) is 10.8. The first-order chi connectivity index (χ1) is 14.4. The van der Waals surface area contributed by atoms with E-state index >= 15 is 0 Å². The highest BCUT2D eigenvalue weighted by atomic mass is 79.9. The van der Waals surface area contributed by atoms with Gasteiger partial charge in [-0.05, 0) is 67.1 Å². The van der Waals surface area contributed by atoms with Crippen LogP contribution in [-0.2, 0) is 17.1 Å². The minimum Gasteiger partial charge on any atom is -0.370 e. The van der Waals surface area contributed by atoms with Crippen molar-refractivity contribution < 1.29 is 35.5 Å². The maximum absolute atomic E-state index is 13.3. The van der Waals surface area contributed by atoms with Gasteiger partial charge < -0.3 is 4.74 Å². The number of benzene rings is 2. The Kier molecular flexibility index (Phi) is 7.05. The summed E-state index contributed by atoms with van der Waals surface area (Å²) >= 11 is 3.45. The van der Waals surface area contributed by atoms with Crippen LogP contribution in [0.3, 0.4) is 0 Å². The van der Waals surface area contributed by atoms with Gasteiger partial charge in [0, 0.05) is 11.2 Å². The van der Waals surface area contributed by atoms with Gasteiger partial charge in [0.05, 0.1) is 23.3 Å². The third-order valence-electron chi connectivity index (χ3n) is 5.64. The van der Waals surface area contributed by atoms with Crippen LogP contribution in [0.25, 0.3) is 0 Å². The lowest BCUT2D eigenvalue weighted by Gasteiger charge is -2.28. The van der Waals surface area contributed by atoms with Gasteiger partial charge in [-0.25, -0.2) is 4.39 Å². The Morgan fingerprint density at radius 1 is 0.935 bits per heavy atom. The fourth-order valence-corrected chi connectivity index (χ4v) is 4.82. The van der Waals surface area contributed by atoms with Crippen LogP contribution >= 0.6 is 15.9 Å². The van der Waals surface area contributed by atoms with Gasteiger partial charge in [-0.1, -0.05) is 28.1 Å². The van der Waals surface area contributed by atoms with Crippen LogP contribution in [0.2, 0.25) is 0 Å².